The van der Waals surface area contributed by atoms with Crippen LogP contribution in [0.15, 0.2) is 24.3 Å². The van der Waals surface area contributed by atoms with Gasteiger partial charge in [0.25, 0.3) is 0 Å². The number of anilines is 1. The summed E-state index contributed by atoms with van der Waals surface area (Å²) in [5, 5.41) is 8.54. The van der Waals surface area contributed by atoms with Crippen molar-refractivity contribution in [2.24, 2.45) is 0 Å². The summed E-state index contributed by atoms with van der Waals surface area (Å²) in [7, 11) is -1.92. The fraction of sp³-hybridized carbons (Fsp3) is 0.500. The predicted molar refractivity (Wildman–Crippen MR) is 91.2 cm³/mol. The van der Waals surface area contributed by atoms with Crippen LogP contribution in [0.5, 0.6) is 5.75 Å². The van der Waals surface area contributed by atoms with E-state index in [4.69, 9.17) is 9.84 Å². The number of unbranched alkanes of at least 4 members (excludes halogenated alkanes) is 2. The maximum Gasteiger partial charge on any atom is 0.341 e. The molecular weight excluding hydrogens is 334 g/mol. The molecule has 0 saturated carbocycles. The number of rotatable bonds is 10. The molecule has 1 aromatic carbocycles. The third-order valence-corrected chi connectivity index (χ3v) is 4.96. The Kier molecular flexibility index (Phi) is 7.70. The molecule has 1 N–H and O–H groups in total. The third kappa shape index (κ3) is 6.99. The molecule has 1 aromatic rings. The van der Waals surface area contributed by atoms with Gasteiger partial charge in [-0.25, -0.2) is 13.2 Å². The van der Waals surface area contributed by atoms with E-state index >= 15 is 0 Å². The highest BCUT2D eigenvalue weighted by Gasteiger charge is 2.20. The SMILES string of the molecule is CCCCCS(=O)(=O)CC(=O)N(C)c1ccc(OCC(=O)O)cc1. The Balaban J connectivity index is 2.63. The summed E-state index contributed by atoms with van der Waals surface area (Å²) >= 11 is 0. The number of nitrogens with zero attached hydrogens (tertiary/aromatic N) is 1. The Morgan fingerprint density at radius 1 is 1.17 bits per heavy atom. The van der Waals surface area contributed by atoms with Crippen molar-refractivity contribution in [3.8, 4) is 5.75 Å². The number of carbonyl (C=O) groups is 2. The molecule has 0 saturated heterocycles. The maximum absolute atomic E-state index is 12.1. The van der Waals surface area contributed by atoms with Gasteiger partial charge in [0.2, 0.25) is 5.91 Å². The minimum atomic E-state index is -3.41. The molecule has 0 heterocycles. The Bertz CT molecular complexity index is 654. The van der Waals surface area contributed by atoms with Crippen molar-refractivity contribution >= 4 is 27.4 Å². The quantitative estimate of drug-likeness (QED) is 0.640. The van der Waals surface area contributed by atoms with Crippen LogP contribution in [0.25, 0.3) is 0 Å². The average Bonchev–Trinajstić information content (AvgIpc) is 2.52. The second-order valence-corrected chi connectivity index (χ2v) is 7.61. The van der Waals surface area contributed by atoms with E-state index in [1.807, 2.05) is 6.92 Å². The number of carboxylic acids is 1. The van der Waals surface area contributed by atoms with Crippen molar-refractivity contribution in [3.05, 3.63) is 24.3 Å². The molecule has 0 unspecified atom stereocenters. The van der Waals surface area contributed by atoms with Gasteiger partial charge in [-0.3, -0.25) is 4.79 Å². The van der Waals surface area contributed by atoms with Crippen molar-refractivity contribution in [2.75, 3.05) is 30.1 Å². The van der Waals surface area contributed by atoms with E-state index in [-0.39, 0.29) is 5.75 Å². The lowest BCUT2D eigenvalue weighted by Crippen LogP contribution is -2.33. The monoisotopic (exact) mass is 357 g/mol. The van der Waals surface area contributed by atoms with Crippen LogP contribution in [0.1, 0.15) is 26.2 Å². The molecule has 134 valence electrons. The van der Waals surface area contributed by atoms with Gasteiger partial charge in [0.05, 0.1) is 5.75 Å². The van der Waals surface area contributed by atoms with Crippen LogP contribution in [0.2, 0.25) is 0 Å². The molecule has 1 rings (SSSR count). The van der Waals surface area contributed by atoms with Crippen LogP contribution in [0.3, 0.4) is 0 Å². The molecular formula is C16H23NO6S. The van der Waals surface area contributed by atoms with Crippen LogP contribution < -0.4 is 9.64 Å². The van der Waals surface area contributed by atoms with Crippen molar-refractivity contribution in [1.29, 1.82) is 0 Å². The van der Waals surface area contributed by atoms with Crippen LogP contribution in [-0.4, -0.2) is 50.6 Å². The number of carboxylic acid groups (broad SMARTS) is 1. The molecule has 0 spiro atoms. The molecule has 7 nitrogen and oxygen atoms in total. The number of carbonyl (C=O) groups excluding carboxylic acids is 1. The Labute approximate surface area is 142 Å². The summed E-state index contributed by atoms with van der Waals surface area (Å²) in [5.74, 6) is -1.74. The molecule has 1 amide bonds. The van der Waals surface area contributed by atoms with Crippen LogP contribution in [0, 0.1) is 0 Å². The fourth-order valence-corrected chi connectivity index (χ4v) is 3.34. The number of benzene rings is 1. The average molecular weight is 357 g/mol. The van der Waals surface area contributed by atoms with E-state index in [1.165, 1.54) is 24.1 Å². The molecule has 0 aliphatic carbocycles. The Morgan fingerprint density at radius 2 is 1.79 bits per heavy atom. The lowest BCUT2D eigenvalue weighted by Gasteiger charge is -2.17. The molecule has 0 aliphatic heterocycles. The van der Waals surface area contributed by atoms with Gasteiger partial charge in [0, 0.05) is 12.7 Å². The smallest absolute Gasteiger partial charge is 0.341 e. The topological polar surface area (TPSA) is 101 Å². The van der Waals surface area contributed by atoms with Gasteiger partial charge in [-0.05, 0) is 30.7 Å². The number of hydrogen-bond acceptors (Lipinski definition) is 5. The molecule has 0 atom stereocenters. The van der Waals surface area contributed by atoms with E-state index in [9.17, 15) is 18.0 Å². The molecule has 0 radical (unpaired) electrons. The largest absolute Gasteiger partial charge is 0.482 e. The number of amides is 1. The lowest BCUT2D eigenvalue weighted by molar-refractivity contribution is -0.139. The van der Waals surface area contributed by atoms with E-state index < -0.39 is 34.1 Å². The summed E-state index contributed by atoms with van der Waals surface area (Å²) in [6.07, 6.45) is 2.30. The fourth-order valence-electron chi connectivity index (χ4n) is 1.98. The van der Waals surface area contributed by atoms with Gasteiger partial charge >= 0.3 is 5.97 Å². The van der Waals surface area contributed by atoms with E-state index in [2.05, 4.69) is 0 Å². The summed E-state index contributed by atoms with van der Waals surface area (Å²) in [4.78, 5) is 23.8. The molecule has 24 heavy (non-hydrogen) atoms. The second-order valence-electron chi connectivity index (χ2n) is 5.43. The van der Waals surface area contributed by atoms with Gasteiger partial charge in [-0.1, -0.05) is 19.8 Å². The summed E-state index contributed by atoms with van der Waals surface area (Å²) in [6, 6.07) is 6.19. The standard InChI is InChI=1S/C16H23NO6S/c1-3-4-5-10-24(21,22)12-15(18)17(2)13-6-8-14(9-7-13)23-11-16(19)20/h6-9H,3-5,10-12H2,1-2H3,(H,19,20). The molecule has 8 heteroatoms. The first-order valence-electron chi connectivity index (χ1n) is 7.67. The molecule has 0 aliphatic rings. The minimum absolute atomic E-state index is 0.0163. The number of hydrogen-bond donors (Lipinski definition) is 1. The first kappa shape index (κ1) is 20.0. The van der Waals surface area contributed by atoms with Crippen LogP contribution in [-0.2, 0) is 19.4 Å². The predicted octanol–water partition coefficient (Wildman–Crippen LogP) is 1.72. The highest BCUT2D eigenvalue weighted by atomic mass is 32.2. The van der Waals surface area contributed by atoms with E-state index in [0.29, 0.717) is 17.9 Å². The van der Waals surface area contributed by atoms with Gasteiger partial charge in [0.1, 0.15) is 11.5 Å². The van der Waals surface area contributed by atoms with Crippen molar-refractivity contribution in [2.45, 2.75) is 26.2 Å². The number of ether oxygens (including phenoxy) is 1. The molecule has 0 fully saturated rings. The first-order valence-corrected chi connectivity index (χ1v) is 9.49. The third-order valence-electron chi connectivity index (χ3n) is 3.36. The summed E-state index contributed by atoms with van der Waals surface area (Å²) < 4.78 is 28.9. The number of sulfone groups is 1. The van der Waals surface area contributed by atoms with Gasteiger partial charge in [0.15, 0.2) is 16.4 Å². The highest BCUT2D eigenvalue weighted by molar-refractivity contribution is 7.92. The zero-order valence-corrected chi connectivity index (χ0v) is 14.7. The zero-order valence-electron chi connectivity index (χ0n) is 13.9. The van der Waals surface area contributed by atoms with Gasteiger partial charge in [-0.15, -0.1) is 0 Å². The zero-order chi connectivity index (χ0) is 18.2. The normalized spacial score (nSPS) is 11.1. The Morgan fingerprint density at radius 3 is 2.33 bits per heavy atom. The first-order chi connectivity index (χ1) is 11.2. The van der Waals surface area contributed by atoms with Crippen molar-refractivity contribution < 1.29 is 27.9 Å². The number of aliphatic carboxylic acids is 1. The van der Waals surface area contributed by atoms with E-state index in [0.717, 1.165) is 12.8 Å². The maximum atomic E-state index is 12.1. The summed E-state index contributed by atoms with van der Waals surface area (Å²) in [6.45, 7) is 1.53. The van der Waals surface area contributed by atoms with Crippen molar-refractivity contribution in [3.63, 3.8) is 0 Å². The van der Waals surface area contributed by atoms with Gasteiger partial charge < -0.3 is 14.7 Å². The molecule has 0 bridgehead atoms. The minimum Gasteiger partial charge on any atom is -0.482 e. The second kappa shape index (κ2) is 9.27. The van der Waals surface area contributed by atoms with E-state index in [1.54, 1.807) is 12.1 Å². The molecule has 0 aromatic heterocycles. The van der Waals surface area contributed by atoms with Crippen molar-refractivity contribution in [1.82, 2.24) is 0 Å². The van der Waals surface area contributed by atoms with Gasteiger partial charge in [-0.2, -0.15) is 0 Å². The highest BCUT2D eigenvalue weighted by Crippen LogP contribution is 2.19. The van der Waals surface area contributed by atoms with Crippen LogP contribution in [0.4, 0.5) is 5.69 Å². The lowest BCUT2D eigenvalue weighted by atomic mass is 10.3. The Hall–Kier alpha value is -2.09. The summed E-state index contributed by atoms with van der Waals surface area (Å²) in [5.41, 5.74) is 0.506. The van der Waals surface area contributed by atoms with Crippen LogP contribution >= 0.6 is 0 Å².